The number of aromatic nitrogens is 2. The maximum absolute atomic E-state index is 13.7. The summed E-state index contributed by atoms with van der Waals surface area (Å²) in [6, 6.07) is 4.30. The van der Waals surface area contributed by atoms with E-state index in [0.717, 1.165) is 0 Å². The second-order valence-corrected chi connectivity index (χ2v) is 4.04. The monoisotopic (exact) mass is 285 g/mol. The van der Waals surface area contributed by atoms with Gasteiger partial charge in [-0.3, -0.25) is 9.78 Å². The molecule has 0 fully saturated rings. The standard InChI is InChI=1S/C15H12FN3O2/c16-13-4-3-11(2-1-7-20)8-12(13)9-19-15(21)14-10-17-5-6-18-14/h3-6,8,10,20H,7,9H2,(H,19,21). The van der Waals surface area contributed by atoms with E-state index in [9.17, 15) is 9.18 Å². The molecule has 1 aromatic heterocycles. The molecule has 1 heterocycles. The van der Waals surface area contributed by atoms with E-state index in [4.69, 9.17) is 5.11 Å². The highest BCUT2D eigenvalue weighted by Crippen LogP contribution is 2.10. The van der Waals surface area contributed by atoms with Crippen molar-refractivity contribution in [2.75, 3.05) is 6.61 Å². The van der Waals surface area contributed by atoms with Crippen molar-refractivity contribution >= 4 is 5.91 Å². The molecule has 5 nitrogen and oxygen atoms in total. The van der Waals surface area contributed by atoms with Crippen LogP contribution < -0.4 is 5.32 Å². The summed E-state index contributed by atoms with van der Waals surface area (Å²) < 4.78 is 13.7. The van der Waals surface area contributed by atoms with Crippen molar-refractivity contribution in [3.8, 4) is 11.8 Å². The van der Waals surface area contributed by atoms with E-state index in [0.29, 0.717) is 11.1 Å². The molecule has 0 aliphatic heterocycles. The summed E-state index contributed by atoms with van der Waals surface area (Å²) in [4.78, 5) is 19.4. The molecule has 0 saturated carbocycles. The summed E-state index contributed by atoms with van der Waals surface area (Å²) >= 11 is 0. The van der Waals surface area contributed by atoms with Crippen LogP contribution >= 0.6 is 0 Å². The fourth-order valence-electron chi connectivity index (χ4n) is 1.61. The number of halogens is 1. The molecular weight excluding hydrogens is 273 g/mol. The van der Waals surface area contributed by atoms with Crippen molar-refractivity contribution in [3.63, 3.8) is 0 Å². The Morgan fingerprint density at radius 1 is 1.38 bits per heavy atom. The number of nitrogens with one attached hydrogen (secondary N) is 1. The smallest absolute Gasteiger partial charge is 0.271 e. The van der Waals surface area contributed by atoms with Crippen molar-refractivity contribution in [1.29, 1.82) is 0 Å². The molecule has 0 unspecified atom stereocenters. The molecule has 0 spiro atoms. The van der Waals surface area contributed by atoms with Crippen LogP contribution in [0, 0.1) is 17.7 Å². The van der Waals surface area contributed by atoms with E-state index in [2.05, 4.69) is 27.1 Å². The van der Waals surface area contributed by atoms with Gasteiger partial charge in [0.1, 0.15) is 18.1 Å². The van der Waals surface area contributed by atoms with Gasteiger partial charge in [0.2, 0.25) is 0 Å². The van der Waals surface area contributed by atoms with Gasteiger partial charge in [-0.05, 0) is 18.2 Å². The van der Waals surface area contributed by atoms with Gasteiger partial charge in [-0.15, -0.1) is 0 Å². The molecule has 6 heteroatoms. The summed E-state index contributed by atoms with van der Waals surface area (Å²) in [6.45, 7) is -0.258. The van der Waals surface area contributed by atoms with Crippen LogP contribution in [0.25, 0.3) is 0 Å². The van der Waals surface area contributed by atoms with Crippen molar-refractivity contribution < 1.29 is 14.3 Å². The molecule has 0 radical (unpaired) electrons. The van der Waals surface area contributed by atoms with Gasteiger partial charge < -0.3 is 10.4 Å². The maximum Gasteiger partial charge on any atom is 0.271 e. The lowest BCUT2D eigenvalue weighted by molar-refractivity contribution is 0.0945. The number of amides is 1. The average molecular weight is 285 g/mol. The zero-order chi connectivity index (χ0) is 15.1. The molecule has 0 atom stereocenters. The summed E-state index contributed by atoms with van der Waals surface area (Å²) in [5, 5.41) is 11.2. The molecule has 0 saturated heterocycles. The first-order valence-electron chi connectivity index (χ1n) is 6.13. The van der Waals surface area contributed by atoms with Gasteiger partial charge in [0.05, 0.1) is 6.20 Å². The molecule has 0 bridgehead atoms. The van der Waals surface area contributed by atoms with Gasteiger partial charge in [-0.25, -0.2) is 9.37 Å². The van der Waals surface area contributed by atoms with Gasteiger partial charge in [-0.1, -0.05) is 11.8 Å². The molecule has 106 valence electrons. The number of aliphatic hydroxyl groups is 1. The van der Waals surface area contributed by atoms with Crippen molar-refractivity contribution in [1.82, 2.24) is 15.3 Å². The maximum atomic E-state index is 13.7. The van der Waals surface area contributed by atoms with E-state index >= 15 is 0 Å². The fraction of sp³-hybridized carbons (Fsp3) is 0.133. The Morgan fingerprint density at radius 3 is 2.95 bits per heavy atom. The van der Waals surface area contributed by atoms with Gasteiger partial charge in [0.25, 0.3) is 5.91 Å². The number of hydrogen-bond donors (Lipinski definition) is 2. The lowest BCUT2D eigenvalue weighted by Crippen LogP contribution is -2.24. The molecule has 1 aromatic carbocycles. The van der Waals surface area contributed by atoms with Gasteiger partial charge in [0, 0.05) is 30.1 Å². The molecule has 2 rings (SSSR count). The molecule has 1 amide bonds. The first-order valence-corrected chi connectivity index (χ1v) is 6.13. The lowest BCUT2D eigenvalue weighted by atomic mass is 10.1. The largest absolute Gasteiger partial charge is 0.384 e. The second kappa shape index (κ2) is 7.12. The summed E-state index contributed by atoms with van der Waals surface area (Å²) in [6.07, 6.45) is 4.19. The van der Waals surface area contributed by atoms with Crippen LogP contribution in [0.2, 0.25) is 0 Å². The highest BCUT2D eigenvalue weighted by molar-refractivity contribution is 5.91. The summed E-state index contributed by atoms with van der Waals surface area (Å²) in [7, 11) is 0. The molecule has 2 N–H and O–H groups in total. The zero-order valence-corrected chi connectivity index (χ0v) is 11.0. The van der Waals surface area contributed by atoms with E-state index in [1.54, 1.807) is 0 Å². The minimum Gasteiger partial charge on any atom is -0.384 e. The Labute approximate surface area is 120 Å². The zero-order valence-electron chi connectivity index (χ0n) is 11.0. The van der Waals surface area contributed by atoms with Crippen LogP contribution in [0.15, 0.2) is 36.8 Å². The van der Waals surface area contributed by atoms with E-state index in [1.165, 1.54) is 36.8 Å². The molecule has 0 aliphatic carbocycles. The first kappa shape index (κ1) is 14.6. The Bertz CT molecular complexity index is 693. The molecule has 21 heavy (non-hydrogen) atoms. The Hall–Kier alpha value is -2.78. The lowest BCUT2D eigenvalue weighted by Gasteiger charge is -2.06. The predicted molar refractivity (Wildman–Crippen MR) is 73.6 cm³/mol. The third-order valence-corrected chi connectivity index (χ3v) is 2.59. The number of rotatable bonds is 3. The van der Waals surface area contributed by atoms with Crippen LogP contribution in [-0.4, -0.2) is 27.6 Å². The fourth-order valence-corrected chi connectivity index (χ4v) is 1.61. The Morgan fingerprint density at radius 2 is 2.24 bits per heavy atom. The third kappa shape index (κ3) is 4.09. The van der Waals surface area contributed by atoms with Gasteiger partial charge >= 0.3 is 0 Å². The van der Waals surface area contributed by atoms with Gasteiger partial charge in [-0.2, -0.15) is 0 Å². The number of carbonyl (C=O) groups excluding carboxylic acids is 1. The van der Waals surface area contributed by atoms with Crippen molar-refractivity contribution in [3.05, 3.63) is 59.4 Å². The SMILES string of the molecule is O=C(NCc1cc(C#CCO)ccc1F)c1cnccn1. The molecular formula is C15H12FN3O2. The number of aliphatic hydroxyl groups excluding tert-OH is 1. The summed E-state index contributed by atoms with van der Waals surface area (Å²) in [5.41, 5.74) is 1.03. The topological polar surface area (TPSA) is 75.1 Å². The van der Waals surface area contributed by atoms with Crippen molar-refractivity contribution in [2.24, 2.45) is 0 Å². The number of nitrogens with zero attached hydrogens (tertiary/aromatic N) is 2. The van der Waals surface area contributed by atoms with Crippen LogP contribution in [0.5, 0.6) is 0 Å². The van der Waals surface area contributed by atoms with Gasteiger partial charge in [0.15, 0.2) is 0 Å². The van der Waals surface area contributed by atoms with Crippen molar-refractivity contribution in [2.45, 2.75) is 6.54 Å². The quantitative estimate of drug-likeness (QED) is 0.821. The Kier molecular flexibility index (Phi) is 4.96. The highest BCUT2D eigenvalue weighted by atomic mass is 19.1. The first-order chi connectivity index (χ1) is 10.2. The number of hydrogen-bond acceptors (Lipinski definition) is 4. The van der Waals surface area contributed by atoms with Crippen LogP contribution in [0.3, 0.4) is 0 Å². The molecule has 2 aromatic rings. The highest BCUT2D eigenvalue weighted by Gasteiger charge is 2.08. The minimum atomic E-state index is -0.441. The minimum absolute atomic E-state index is 0.00981. The van der Waals surface area contributed by atoms with Crippen LogP contribution in [0.1, 0.15) is 21.6 Å². The Balaban J connectivity index is 2.07. The second-order valence-electron chi connectivity index (χ2n) is 4.04. The summed E-state index contributed by atoms with van der Waals surface area (Å²) in [5.74, 6) is 4.28. The normalized spacial score (nSPS) is 9.62. The van der Waals surface area contributed by atoms with Crippen LogP contribution in [-0.2, 0) is 6.54 Å². The average Bonchev–Trinajstić information content (AvgIpc) is 2.53. The van der Waals surface area contributed by atoms with E-state index in [-0.39, 0.29) is 18.8 Å². The van der Waals surface area contributed by atoms with E-state index < -0.39 is 11.7 Å². The predicted octanol–water partition coefficient (Wildman–Crippen LogP) is 0.889. The number of carbonyl (C=O) groups is 1. The molecule has 0 aliphatic rings. The van der Waals surface area contributed by atoms with Crippen LogP contribution in [0.4, 0.5) is 4.39 Å². The van der Waals surface area contributed by atoms with E-state index in [1.807, 2.05) is 0 Å². The third-order valence-electron chi connectivity index (χ3n) is 2.59. The number of benzene rings is 1.